The number of nitrogen functional groups attached to an aromatic ring is 1. The predicted molar refractivity (Wildman–Crippen MR) is 70.3 cm³/mol. The second kappa shape index (κ2) is 5.71. The molecule has 98 valence electrons. The van der Waals surface area contributed by atoms with Gasteiger partial charge in [0.2, 0.25) is 0 Å². The molecule has 1 fully saturated rings. The third-order valence-electron chi connectivity index (χ3n) is 3.13. The third kappa shape index (κ3) is 2.72. The normalized spacial score (nSPS) is 19.6. The van der Waals surface area contributed by atoms with Crippen LogP contribution in [0.3, 0.4) is 0 Å². The maximum Gasteiger partial charge on any atom is 0.328 e. The fraction of sp³-hybridized carbons (Fsp3) is 0.538. The number of hydrogen-bond acceptors (Lipinski definition) is 5. The number of carbonyl (C=O) groups excluding carboxylic acids is 1. The van der Waals surface area contributed by atoms with E-state index >= 15 is 0 Å². The molecule has 0 saturated carbocycles. The van der Waals surface area contributed by atoms with E-state index in [4.69, 9.17) is 10.5 Å². The van der Waals surface area contributed by atoms with E-state index < -0.39 is 0 Å². The molecule has 0 aliphatic carbocycles. The molecule has 18 heavy (non-hydrogen) atoms. The van der Waals surface area contributed by atoms with Crippen LogP contribution < -0.4 is 10.6 Å². The summed E-state index contributed by atoms with van der Waals surface area (Å²) in [5.74, 6) is 0.637. The average molecular weight is 249 g/mol. The Morgan fingerprint density at radius 1 is 1.56 bits per heavy atom. The zero-order valence-corrected chi connectivity index (χ0v) is 10.6. The van der Waals surface area contributed by atoms with Crippen molar-refractivity contribution in [2.75, 3.05) is 23.8 Å². The van der Waals surface area contributed by atoms with Crippen LogP contribution >= 0.6 is 0 Å². The van der Waals surface area contributed by atoms with Gasteiger partial charge >= 0.3 is 5.97 Å². The Balaban J connectivity index is 2.17. The first-order valence-electron chi connectivity index (χ1n) is 6.37. The van der Waals surface area contributed by atoms with E-state index in [0.29, 0.717) is 12.3 Å². The molecule has 2 heterocycles. The molecule has 0 amide bonds. The van der Waals surface area contributed by atoms with E-state index in [9.17, 15) is 4.79 Å². The van der Waals surface area contributed by atoms with Gasteiger partial charge in [0.05, 0.1) is 18.5 Å². The van der Waals surface area contributed by atoms with Crippen LogP contribution in [0.4, 0.5) is 11.5 Å². The second-order valence-corrected chi connectivity index (χ2v) is 4.41. The van der Waals surface area contributed by atoms with Gasteiger partial charge in [0.15, 0.2) is 0 Å². The van der Waals surface area contributed by atoms with Crippen molar-refractivity contribution < 1.29 is 9.53 Å². The molecule has 1 aliphatic heterocycles. The van der Waals surface area contributed by atoms with Crippen molar-refractivity contribution in [1.82, 2.24) is 4.98 Å². The summed E-state index contributed by atoms with van der Waals surface area (Å²) in [6.45, 7) is 3.07. The highest BCUT2D eigenvalue weighted by atomic mass is 16.5. The summed E-state index contributed by atoms with van der Waals surface area (Å²) in [4.78, 5) is 18.2. The molecule has 0 radical (unpaired) electrons. The molecule has 1 aromatic rings. The minimum Gasteiger partial charge on any atom is -0.464 e. The SMILES string of the molecule is CCOC(=O)C1CCCCN1c1ccc(N)cn1. The van der Waals surface area contributed by atoms with Gasteiger partial charge in [-0.15, -0.1) is 0 Å². The van der Waals surface area contributed by atoms with Crippen molar-refractivity contribution in [1.29, 1.82) is 0 Å². The number of aromatic nitrogens is 1. The highest BCUT2D eigenvalue weighted by Gasteiger charge is 2.30. The lowest BCUT2D eigenvalue weighted by molar-refractivity contribution is -0.145. The van der Waals surface area contributed by atoms with E-state index in [1.165, 1.54) is 0 Å². The van der Waals surface area contributed by atoms with Crippen LogP contribution in [0.15, 0.2) is 18.3 Å². The standard InChI is InChI=1S/C13H19N3O2/c1-2-18-13(17)11-5-3-4-8-16(11)12-7-6-10(14)9-15-12/h6-7,9,11H,2-5,8,14H2,1H3. The van der Waals surface area contributed by atoms with Crippen molar-refractivity contribution >= 4 is 17.5 Å². The molecule has 5 heteroatoms. The number of anilines is 2. The van der Waals surface area contributed by atoms with Gasteiger partial charge in [0.1, 0.15) is 11.9 Å². The van der Waals surface area contributed by atoms with Gasteiger partial charge in [-0.3, -0.25) is 0 Å². The average Bonchev–Trinajstić information content (AvgIpc) is 2.40. The number of rotatable bonds is 3. The summed E-state index contributed by atoms with van der Waals surface area (Å²) in [6.07, 6.45) is 4.56. The number of nitrogens with two attached hydrogens (primary N) is 1. The minimum atomic E-state index is -0.213. The fourth-order valence-corrected chi connectivity index (χ4v) is 2.26. The molecule has 1 unspecified atom stereocenters. The van der Waals surface area contributed by atoms with Crippen LogP contribution in [0.25, 0.3) is 0 Å². The van der Waals surface area contributed by atoms with Crippen molar-refractivity contribution in [3.05, 3.63) is 18.3 Å². The maximum atomic E-state index is 11.9. The smallest absolute Gasteiger partial charge is 0.328 e. The zero-order valence-electron chi connectivity index (χ0n) is 10.6. The first kappa shape index (κ1) is 12.7. The highest BCUT2D eigenvalue weighted by Crippen LogP contribution is 2.24. The molecule has 1 aliphatic rings. The van der Waals surface area contributed by atoms with E-state index in [1.807, 2.05) is 17.9 Å². The first-order valence-corrected chi connectivity index (χ1v) is 6.37. The number of ether oxygens (including phenoxy) is 1. The molecule has 1 aromatic heterocycles. The van der Waals surface area contributed by atoms with Crippen molar-refractivity contribution in [3.8, 4) is 0 Å². The lowest BCUT2D eigenvalue weighted by atomic mass is 10.0. The summed E-state index contributed by atoms with van der Waals surface area (Å²) in [5, 5.41) is 0. The van der Waals surface area contributed by atoms with Gasteiger partial charge in [-0.2, -0.15) is 0 Å². The summed E-state index contributed by atoms with van der Waals surface area (Å²) in [6, 6.07) is 3.45. The lowest BCUT2D eigenvalue weighted by Gasteiger charge is -2.34. The quantitative estimate of drug-likeness (QED) is 0.824. The van der Waals surface area contributed by atoms with Crippen LogP contribution in [0, 0.1) is 0 Å². The van der Waals surface area contributed by atoms with Crippen molar-refractivity contribution in [2.24, 2.45) is 0 Å². The van der Waals surface area contributed by atoms with Crippen LogP contribution in [-0.4, -0.2) is 30.1 Å². The molecule has 0 bridgehead atoms. The molecule has 0 aromatic carbocycles. The largest absolute Gasteiger partial charge is 0.464 e. The Labute approximate surface area is 107 Å². The third-order valence-corrected chi connectivity index (χ3v) is 3.13. The molecule has 2 rings (SSSR count). The molecule has 2 N–H and O–H groups in total. The number of esters is 1. The molecule has 1 atom stereocenters. The van der Waals surface area contributed by atoms with Gasteiger partial charge < -0.3 is 15.4 Å². The molecular weight excluding hydrogens is 230 g/mol. The van der Waals surface area contributed by atoms with E-state index in [0.717, 1.165) is 31.6 Å². The Hall–Kier alpha value is -1.78. The maximum absolute atomic E-state index is 11.9. The van der Waals surface area contributed by atoms with Gasteiger partial charge in [0, 0.05) is 6.54 Å². The summed E-state index contributed by atoms with van der Waals surface area (Å²) in [5.41, 5.74) is 6.25. The van der Waals surface area contributed by atoms with Gasteiger partial charge in [-0.25, -0.2) is 9.78 Å². The monoisotopic (exact) mass is 249 g/mol. The number of nitrogens with zero attached hydrogens (tertiary/aromatic N) is 2. The molecular formula is C13H19N3O2. The Bertz CT molecular complexity index is 405. The van der Waals surface area contributed by atoms with Crippen molar-refractivity contribution in [3.63, 3.8) is 0 Å². The molecule has 1 saturated heterocycles. The van der Waals surface area contributed by atoms with E-state index in [2.05, 4.69) is 4.98 Å². The van der Waals surface area contributed by atoms with Crippen LogP contribution in [-0.2, 0) is 9.53 Å². The number of hydrogen-bond donors (Lipinski definition) is 1. The molecule has 5 nitrogen and oxygen atoms in total. The number of pyridine rings is 1. The predicted octanol–water partition coefficient (Wildman–Crippen LogP) is 1.59. The summed E-state index contributed by atoms with van der Waals surface area (Å²) in [7, 11) is 0. The topological polar surface area (TPSA) is 68.5 Å². The Morgan fingerprint density at radius 2 is 2.39 bits per heavy atom. The van der Waals surface area contributed by atoms with Gasteiger partial charge in [-0.1, -0.05) is 0 Å². The van der Waals surface area contributed by atoms with Crippen LogP contribution in [0.5, 0.6) is 0 Å². The van der Waals surface area contributed by atoms with E-state index in [-0.39, 0.29) is 12.0 Å². The Morgan fingerprint density at radius 3 is 3.06 bits per heavy atom. The highest BCUT2D eigenvalue weighted by molar-refractivity contribution is 5.80. The lowest BCUT2D eigenvalue weighted by Crippen LogP contribution is -2.46. The fourth-order valence-electron chi connectivity index (χ4n) is 2.26. The van der Waals surface area contributed by atoms with Crippen LogP contribution in [0.2, 0.25) is 0 Å². The number of carbonyl (C=O) groups is 1. The van der Waals surface area contributed by atoms with Gasteiger partial charge in [0.25, 0.3) is 0 Å². The Kier molecular flexibility index (Phi) is 4.02. The minimum absolute atomic E-state index is 0.157. The first-order chi connectivity index (χ1) is 8.72. The van der Waals surface area contributed by atoms with Crippen LogP contribution in [0.1, 0.15) is 26.2 Å². The summed E-state index contributed by atoms with van der Waals surface area (Å²) < 4.78 is 5.12. The van der Waals surface area contributed by atoms with E-state index in [1.54, 1.807) is 12.3 Å². The number of piperidine rings is 1. The molecule has 0 spiro atoms. The van der Waals surface area contributed by atoms with Gasteiger partial charge in [-0.05, 0) is 38.3 Å². The zero-order chi connectivity index (χ0) is 13.0. The second-order valence-electron chi connectivity index (χ2n) is 4.41. The summed E-state index contributed by atoms with van der Waals surface area (Å²) >= 11 is 0. The van der Waals surface area contributed by atoms with Crippen molar-refractivity contribution in [2.45, 2.75) is 32.2 Å².